The first-order chi connectivity index (χ1) is 11.4. The van der Waals surface area contributed by atoms with Crippen LogP contribution in [-0.4, -0.2) is 36.6 Å². The lowest BCUT2D eigenvalue weighted by atomic mass is 10.0. The Morgan fingerprint density at radius 1 is 1.29 bits per heavy atom. The maximum atomic E-state index is 12.6. The summed E-state index contributed by atoms with van der Waals surface area (Å²) in [6.45, 7) is 7.41. The van der Waals surface area contributed by atoms with E-state index >= 15 is 0 Å². The molecule has 0 aliphatic carbocycles. The van der Waals surface area contributed by atoms with Gasteiger partial charge in [0.15, 0.2) is 0 Å². The van der Waals surface area contributed by atoms with Crippen LogP contribution in [0.3, 0.4) is 0 Å². The van der Waals surface area contributed by atoms with E-state index in [0.717, 1.165) is 5.69 Å². The van der Waals surface area contributed by atoms with Gasteiger partial charge in [0.05, 0.1) is 0 Å². The fourth-order valence-corrected chi connectivity index (χ4v) is 2.94. The molecule has 1 saturated heterocycles. The molecule has 2 unspecified atom stereocenters. The minimum absolute atomic E-state index is 0.111. The average Bonchev–Trinajstić information content (AvgIpc) is 2.94. The van der Waals surface area contributed by atoms with E-state index < -0.39 is 5.92 Å². The molecular weight excluding hydrogens is 304 g/mol. The Morgan fingerprint density at radius 2 is 1.96 bits per heavy atom. The molecule has 1 aromatic rings. The Kier molecular flexibility index (Phi) is 6.37. The number of aliphatic hydroxyl groups is 1. The van der Waals surface area contributed by atoms with Crippen molar-refractivity contribution in [3.63, 3.8) is 0 Å². The monoisotopic (exact) mass is 332 g/mol. The summed E-state index contributed by atoms with van der Waals surface area (Å²) in [5.41, 5.74) is 2.09. The van der Waals surface area contributed by atoms with Crippen LogP contribution in [0.4, 0.5) is 5.69 Å². The Bertz CT molecular complexity index is 568. The topological polar surface area (TPSA) is 69.6 Å². The number of aliphatic hydroxyl groups excluding tert-OH is 1. The normalized spacial score (nSPS) is 19.0. The molecule has 1 heterocycles. The van der Waals surface area contributed by atoms with Crippen LogP contribution in [0.25, 0.3) is 0 Å². The summed E-state index contributed by atoms with van der Waals surface area (Å²) in [4.78, 5) is 26.5. The number of benzene rings is 1. The van der Waals surface area contributed by atoms with E-state index in [0.29, 0.717) is 31.8 Å². The Morgan fingerprint density at radius 3 is 2.54 bits per heavy atom. The Labute approximate surface area is 144 Å². The van der Waals surface area contributed by atoms with Crippen LogP contribution in [0.5, 0.6) is 0 Å². The molecule has 132 valence electrons. The zero-order valence-electron chi connectivity index (χ0n) is 14.8. The molecule has 2 N–H and O–H groups in total. The van der Waals surface area contributed by atoms with E-state index in [4.69, 9.17) is 5.11 Å². The van der Waals surface area contributed by atoms with Crippen molar-refractivity contribution in [3.8, 4) is 0 Å². The maximum absolute atomic E-state index is 12.6. The van der Waals surface area contributed by atoms with Crippen molar-refractivity contribution >= 4 is 17.5 Å². The molecular formula is C19H28N2O3. The highest BCUT2D eigenvalue weighted by atomic mass is 16.3. The van der Waals surface area contributed by atoms with Gasteiger partial charge in [0.25, 0.3) is 0 Å². The molecule has 0 radical (unpaired) electrons. The summed E-state index contributed by atoms with van der Waals surface area (Å²) in [5, 5.41) is 11.7. The Balaban J connectivity index is 1.95. The van der Waals surface area contributed by atoms with Gasteiger partial charge in [-0.3, -0.25) is 9.59 Å². The van der Waals surface area contributed by atoms with Crippen LogP contribution >= 0.6 is 0 Å². The van der Waals surface area contributed by atoms with Crippen molar-refractivity contribution in [2.24, 2.45) is 11.8 Å². The van der Waals surface area contributed by atoms with E-state index in [9.17, 15) is 9.59 Å². The quantitative estimate of drug-likeness (QED) is 0.753. The molecule has 2 amide bonds. The fourth-order valence-electron chi connectivity index (χ4n) is 2.94. The summed E-state index contributed by atoms with van der Waals surface area (Å²) in [6.07, 6.45) is 1.19. The molecule has 24 heavy (non-hydrogen) atoms. The second kappa shape index (κ2) is 8.29. The first kappa shape index (κ1) is 18.5. The zero-order chi connectivity index (χ0) is 17.7. The third-order valence-electron chi connectivity index (χ3n) is 4.64. The summed E-state index contributed by atoms with van der Waals surface area (Å²) in [7, 11) is 0. The predicted molar refractivity (Wildman–Crippen MR) is 94.9 cm³/mol. The first-order valence-corrected chi connectivity index (χ1v) is 8.74. The smallest absolute Gasteiger partial charge is 0.239 e. The van der Waals surface area contributed by atoms with Gasteiger partial charge >= 0.3 is 0 Å². The molecule has 1 aliphatic rings. The highest BCUT2D eigenvalue weighted by Gasteiger charge is 2.37. The molecule has 5 heteroatoms. The van der Waals surface area contributed by atoms with Gasteiger partial charge in [-0.05, 0) is 42.4 Å². The van der Waals surface area contributed by atoms with Crippen LogP contribution in [0.2, 0.25) is 0 Å². The van der Waals surface area contributed by atoms with Crippen molar-refractivity contribution in [1.29, 1.82) is 0 Å². The number of nitrogens with one attached hydrogen (secondary N) is 1. The molecule has 5 nitrogen and oxygen atoms in total. The number of hydrogen-bond acceptors (Lipinski definition) is 3. The van der Waals surface area contributed by atoms with E-state index in [1.807, 2.05) is 31.2 Å². The number of amides is 2. The van der Waals surface area contributed by atoms with Gasteiger partial charge < -0.3 is 15.3 Å². The number of rotatable bonds is 7. The van der Waals surface area contributed by atoms with Crippen molar-refractivity contribution < 1.29 is 14.7 Å². The van der Waals surface area contributed by atoms with Crippen LogP contribution in [0, 0.1) is 11.8 Å². The zero-order valence-corrected chi connectivity index (χ0v) is 14.8. The molecule has 2 atom stereocenters. The summed E-state index contributed by atoms with van der Waals surface area (Å²) < 4.78 is 0. The third kappa shape index (κ3) is 4.35. The molecule has 1 fully saturated rings. The second-order valence-electron chi connectivity index (χ2n) is 6.94. The van der Waals surface area contributed by atoms with E-state index in [1.165, 1.54) is 5.56 Å². The predicted octanol–water partition coefficient (Wildman–Crippen LogP) is 2.30. The van der Waals surface area contributed by atoms with E-state index in [2.05, 4.69) is 19.2 Å². The average molecular weight is 332 g/mol. The van der Waals surface area contributed by atoms with Crippen LogP contribution in [0.15, 0.2) is 24.3 Å². The van der Waals surface area contributed by atoms with E-state index in [1.54, 1.807) is 4.90 Å². The standard InChI is InChI=1S/C19H28N2O3/c1-13(2)15-4-6-16(7-5-15)21-10-8-17(19(21)24)18(23)20-12-14(3)9-11-22/h4-7,13-14,17,22H,8-12H2,1-3H3,(H,20,23). The third-order valence-corrected chi connectivity index (χ3v) is 4.64. The largest absolute Gasteiger partial charge is 0.396 e. The maximum Gasteiger partial charge on any atom is 0.239 e. The molecule has 1 aromatic carbocycles. The number of hydrogen-bond donors (Lipinski definition) is 2. The van der Waals surface area contributed by atoms with Crippen LogP contribution in [-0.2, 0) is 9.59 Å². The van der Waals surface area contributed by atoms with Crippen molar-refractivity contribution in [3.05, 3.63) is 29.8 Å². The molecule has 2 rings (SSSR count). The first-order valence-electron chi connectivity index (χ1n) is 8.74. The van der Waals surface area contributed by atoms with Crippen molar-refractivity contribution in [2.75, 3.05) is 24.6 Å². The minimum Gasteiger partial charge on any atom is -0.396 e. The van der Waals surface area contributed by atoms with Crippen LogP contribution in [0.1, 0.15) is 45.1 Å². The fraction of sp³-hybridized carbons (Fsp3) is 0.579. The minimum atomic E-state index is -0.601. The molecule has 1 aliphatic heterocycles. The van der Waals surface area contributed by atoms with Gasteiger partial charge in [-0.15, -0.1) is 0 Å². The lowest BCUT2D eigenvalue weighted by Crippen LogP contribution is -2.38. The highest BCUT2D eigenvalue weighted by Crippen LogP contribution is 2.27. The SMILES string of the molecule is CC(CCO)CNC(=O)C1CCN(c2ccc(C(C)C)cc2)C1=O. The highest BCUT2D eigenvalue weighted by molar-refractivity contribution is 6.09. The van der Waals surface area contributed by atoms with Crippen LogP contribution < -0.4 is 10.2 Å². The number of carbonyl (C=O) groups is 2. The van der Waals surface area contributed by atoms with Gasteiger partial charge in [0, 0.05) is 25.4 Å². The second-order valence-corrected chi connectivity index (χ2v) is 6.94. The molecule has 0 saturated carbocycles. The van der Waals surface area contributed by atoms with Gasteiger partial charge in [-0.25, -0.2) is 0 Å². The lowest BCUT2D eigenvalue weighted by Gasteiger charge is -2.18. The van der Waals surface area contributed by atoms with Gasteiger partial charge in [-0.2, -0.15) is 0 Å². The molecule has 0 bridgehead atoms. The summed E-state index contributed by atoms with van der Waals surface area (Å²) >= 11 is 0. The van der Waals surface area contributed by atoms with E-state index in [-0.39, 0.29) is 24.3 Å². The van der Waals surface area contributed by atoms with Gasteiger partial charge in [0.1, 0.15) is 5.92 Å². The Hall–Kier alpha value is -1.88. The van der Waals surface area contributed by atoms with Crippen molar-refractivity contribution in [1.82, 2.24) is 5.32 Å². The van der Waals surface area contributed by atoms with Gasteiger partial charge in [-0.1, -0.05) is 32.9 Å². The molecule has 0 spiro atoms. The molecule has 0 aromatic heterocycles. The lowest BCUT2D eigenvalue weighted by molar-refractivity contribution is -0.132. The number of carbonyl (C=O) groups excluding carboxylic acids is 2. The number of nitrogens with zero attached hydrogens (tertiary/aromatic N) is 1. The van der Waals surface area contributed by atoms with Gasteiger partial charge in [0.2, 0.25) is 11.8 Å². The van der Waals surface area contributed by atoms with Crippen molar-refractivity contribution in [2.45, 2.75) is 39.5 Å². The number of anilines is 1. The summed E-state index contributed by atoms with van der Waals surface area (Å²) in [5.74, 6) is -0.273. The summed E-state index contributed by atoms with van der Waals surface area (Å²) in [6, 6.07) is 7.99.